The summed E-state index contributed by atoms with van der Waals surface area (Å²) in [6.45, 7) is 0. The van der Waals surface area contributed by atoms with E-state index in [9.17, 15) is 4.79 Å². The first-order chi connectivity index (χ1) is 3.93. The van der Waals surface area contributed by atoms with E-state index in [1.807, 2.05) is 0 Å². The minimum Gasteiger partial charge on any atom is -0.294 e. The van der Waals surface area contributed by atoms with Gasteiger partial charge in [0.15, 0.2) is 12.1 Å². The predicted molar refractivity (Wildman–Crippen MR) is 34.7 cm³/mol. The molecule has 1 rings (SSSR count). The van der Waals surface area contributed by atoms with Gasteiger partial charge >= 0.3 is 0 Å². The monoisotopic (exact) mass is 144 g/mol. The predicted octanol–water partition coefficient (Wildman–Crippen LogP) is 0.711. The summed E-state index contributed by atoms with van der Waals surface area (Å²) < 4.78 is 0. The van der Waals surface area contributed by atoms with Crippen LogP contribution in [0.5, 0.6) is 0 Å². The normalized spacial score (nSPS) is 7.56. The second-order valence-electron chi connectivity index (χ2n) is 1.22. The standard InChI is InChI=1S/C5H4N2O.ClH/c8-4-5-6-2-1-3-7-5;/h1-4H;1H. The van der Waals surface area contributed by atoms with Crippen molar-refractivity contribution in [2.24, 2.45) is 0 Å². The van der Waals surface area contributed by atoms with Crippen molar-refractivity contribution < 1.29 is 4.79 Å². The van der Waals surface area contributed by atoms with Crippen molar-refractivity contribution in [3.05, 3.63) is 24.3 Å². The molecule has 0 radical (unpaired) electrons. The number of carbonyl (C=O) groups is 1. The molecule has 0 saturated carbocycles. The highest BCUT2D eigenvalue weighted by Crippen LogP contribution is 1.78. The van der Waals surface area contributed by atoms with Crippen molar-refractivity contribution in [3.8, 4) is 0 Å². The van der Waals surface area contributed by atoms with Crippen LogP contribution in [0.1, 0.15) is 10.6 Å². The lowest BCUT2D eigenvalue weighted by Crippen LogP contribution is -1.87. The number of aldehydes is 1. The second-order valence-corrected chi connectivity index (χ2v) is 1.22. The van der Waals surface area contributed by atoms with E-state index >= 15 is 0 Å². The van der Waals surface area contributed by atoms with Crippen molar-refractivity contribution in [2.45, 2.75) is 0 Å². The maximum atomic E-state index is 9.88. The van der Waals surface area contributed by atoms with Crippen molar-refractivity contribution >= 4 is 18.7 Å². The summed E-state index contributed by atoms with van der Waals surface area (Å²) in [5, 5.41) is 0. The molecule has 0 aliphatic carbocycles. The molecule has 0 saturated heterocycles. The van der Waals surface area contributed by atoms with Gasteiger partial charge in [0.25, 0.3) is 0 Å². The van der Waals surface area contributed by atoms with Crippen LogP contribution in [0, 0.1) is 0 Å². The van der Waals surface area contributed by atoms with E-state index in [1.165, 1.54) is 12.4 Å². The third-order valence-corrected chi connectivity index (χ3v) is 0.691. The van der Waals surface area contributed by atoms with E-state index in [4.69, 9.17) is 0 Å². The quantitative estimate of drug-likeness (QED) is 0.546. The molecule has 0 N–H and O–H groups in total. The molecule has 0 amide bonds. The molecule has 0 spiro atoms. The minimum absolute atomic E-state index is 0. The Bertz CT molecular complexity index is 178. The van der Waals surface area contributed by atoms with E-state index < -0.39 is 0 Å². The summed E-state index contributed by atoms with van der Waals surface area (Å²) in [6.07, 6.45) is 3.66. The third-order valence-electron chi connectivity index (χ3n) is 0.691. The van der Waals surface area contributed by atoms with Crippen LogP contribution in [0.3, 0.4) is 0 Å². The van der Waals surface area contributed by atoms with Crippen molar-refractivity contribution in [3.63, 3.8) is 0 Å². The van der Waals surface area contributed by atoms with E-state index in [1.54, 1.807) is 6.07 Å². The summed E-state index contributed by atoms with van der Waals surface area (Å²) in [4.78, 5) is 17.1. The Morgan fingerprint density at radius 3 is 2.22 bits per heavy atom. The van der Waals surface area contributed by atoms with Gasteiger partial charge in [-0.1, -0.05) is 0 Å². The molecule has 9 heavy (non-hydrogen) atoms. The molecule has 1 aromatic rings. The van der Waals surface area contributed by atoms with Crippen molar-refractivity contribution in [1.29, 1.82) is 0 Å². The highest BCUT2D eigenvalue weighted by molar-refractivity contribution is 5.85. The number of hydrogen-bond donors (Lipinski definition) is 0. The van der Waals surface area contributed by atoms with E-state index in [-0.39, 0.29) is 18.2 Å². The topological polar surface area (TPSA) is 42.9 Å². The molecular weight excluding hydrogens is 140 g/mol. The number of hydrogen-bond acceptors (Lipinski definition) is 3. The van der Waals surface area contributed by atoms with Gasteiger partial charge in [0.1, 0.15) is 0 Å². The molecule has 1 aromatic heterocycles. The number of rotatable bonds is 1. The number of nitrogens with zero attached hydrogens (tertiary/aromatic N) is 2. The zero-order valence-electron chi connectivity index (χ0n) is 4.52. The van der Waals surface area contributed by atoms with Gasteiger partial charge in [0.05, 0.1) is 0 Å². The van der Waals surface area contributed by atoms with Crippen LogP contribution in [-0.2, 0) is 0 Å². The zero-order chi connectivity index (χ0) is 5.82. The molecule has 1 heterocycles. The number of carbonyl (C=O) groups excluding carboxylic acids is 1. The fourth-order valence-electron chi connectivity index (χ4n) is 0.371. The highest BCUT2D eigenvalue weighted by atomic mass is 35.5. The van der Waals surface area contributed by atoms with E-state index in [0.29, 0.717) is 6.29 Å². The summed E-state index contributed by atoms with van der Waals surface area (Å²) in [6, 6.07) is 1.66. The third kappa shape index (κ3) is 2.19. The van der Waals surface area contributed by atoms with Crippen LogP contribution >= 0.6 is 12.4 Å². The molecule has 48 valence electrons. The van der Waals surface area contributed by atoms with Gasteiger partial charge in [0.2, 0.25) is 0 Å². The largest absolute Gasteiger partial charge is 0.294 e. The fraction of sp³-hybridized carbons (Fsp3) is 0. The average molecular weight is 145 g/mol. The first kappa shape index (κ1) is 8.04. The highest BCUT2D eigenvalue weighted by Gasteiger charge is 1.83. The Balaban J connectivity index is 0.000000640. The zero-order valence-corrected chi connectivity index (χ0v) is 5.34. The lowest BCUT2D eigenvalue weighted by Gasteiger charge is -1.80. The fourth-order valence-corrected chi connectivity index (χ4v) is 0.371. The molecule has 0 aliphatic rings. The van der Waals surface area contributed by atoms with Crippen LogP contribution < -0.4 is 0 Å². The Hall–Kier alpha value is -0.960. The number of halogens is 1. The van der Waals surface area contributed by atoms with Gasteiger partial charge in [-0.2, -0.15) is 0 Å². The molecule has 0 aromatic carbocycles. The van der Waals surface area contributed by atoms with Gasteiger partial charge in [-0.15, -0.1) is 12.4 Å². The minimum atomic E-state index is 0. The Labute approximate surface area is 58.6 Å². The molecule has 0 atom stereocenters. The van der Waals surface area contributed by atoms with Crippen LogP contribution in [-0.4, -0.2) is 16.3 Å². The van der Waals surface area contributed by atoms with E-state index in [0.717, 1.165) is 0 Å². The van der Waals surface area contributed by atoms with Crippen molar-refractivity contribution in [1.82, 2.24) is 9.97 Å². The van der Waals surface area contributed by atoms with Crippen LogP contribution in [0.2, 0.25) is 0 Å². The summed E-state index contributed by atoms with van der Waals surface area (Å²) in [7, 11) is 0. The van der Waals surface area contributed by atoms with Gasteiger partial charge in [0, 0.05) is 12.4 Å². The van der Waals surface area contributed by atoms with Crippen LogP contribution in [0.4, 0.5) is 0 Å². The van der Waals surface area contributed by atoms with Gasteiger partial charge < -0.3 is 0 Å². The van der Waals surface area contributed by atoms with Gasteiger partial charge in [-0.25, -0.2) is 9.97 Å². The maximum Gasteiger partial charge on any atom is 0.192 e. The van der Waals surface area contributed by atoms with Crippen molar-refractivity contribution in [2.75, 3.05) is 0 Å². The molecule has 0 unspecified atom stereocenters. The SMILES string of the molecule is Cl.O=Cc1ncccn1. The molecular formula is C5H5ClN2O. The Morgan fingerprint density at radius 2 is 1.89 bits per heavy atom. The maximum absolute atomic E-state index is 9.88. The van der Waals surface area contributed by atoms with Gasteiger partial charge in [-0.05, 0) is 6.07 Å². The lowest BCUT2D eigenvalue weighted by atomic mass is 10.6. The van der Waals surface area contributed by atoms with E-state index in [2.05, 4.69) is 9.97 Å². The molecule has 4 heteroatoms. The molecule has 0 bridgehead atoms. The first-order valence-electron chi connectivity index (χ1n) is 2.15. The van der Waals surface area contributed by atoms with Gasteiger partial charge in [-0.3, -0.25) is 4.79 Å². The number of aromatic nitrogens is 2. The molecule has 0 aliphatic heterocycles. The average Bonchev–Trinajstić information content (AvgIpc) is 1.90. The lowest BCUT2D eigenvalue weighted by molar-refractivity contribution is 0.111. The first-order valence-corrected chi connectivity index (χ1v) is 2.15. The smallest absolute Gasteiger partial charge is 0.192 e. The molecule has 0 fully saturated rings. The molecule has 3 nitrogen and oxygen atoms in total. The van der Waals surface area contributed by atoms with Crippen LogP contribution in [0.25, 0.3) is 0 Å². The Morgan fingerprint density at radius 1 is 1.33 bits per heavy atom. The summed E-state index contributed by atoms with van der Waals surface area (Å²) in [5.41, 5.74) is 0. The Kier molecular flexibility index (Phi) is 3.55. The summed E-state index contributed by atoms with van der Waals surface area (Å²) >= 11 is 0. The van der Waals surface area contributed by atoms with Crippen LogP contribution in [0.15, 0.2) is 18.5 Å². The second kappa shape index (κ2) is 3.97. The summed E-state index contributed by atoms with van der Waals surface area (Å²) in [5.74, 6) is 0.229.